The van der Waals surface area contributed by atoms with Gasteiger partial charge in [0.15, 0.2) is 0 Å². The van der Waals surface area contributed by atoms with Gasteiger partial charge in [-0.2, -0.15) is 0 Å². The molecule has 5 nitrogen and oxygen atoms in total. The van der Waals surface area contributed by atoms with Crippen LogP contribution in [0.25, 0.3) is 66.0 Å². The van der Waals surface area contributed by atoms with Gasteiger partial charge in [-0.05, 0) is 111 Å². The number of rotatable bonds is 5. The molecule has 0 bridgehead atoms. The van der Waals surface area contributed by atoms with Crippen LogP contribution in [0.1, 0.15) is 41.7 Å². The predicted molar refractivity (Wildman–Crippen MR) is 245 cm³/mol. The van der Waals surface area contributed by atoms with Crippen LogP contribution in [0.15, 0.2) is 181 Å². The van der Waals surface area contributed by atoms with E-state index in [1.165, 1.54) is 49.7 Å². The standard InChI is InChI=1S/C39H29N3.C7H8N2.C7H8/c1-39(2)34-14-6-12-29(35(34)32-16-15-25-9-4-5-11-30(25)36(32)39)27-19-24(23-40-3)20-28(21-27)33-22-26-10-7-17-41-37(26)38-31(33)13-8-18-42-38;8-7(9)6-4-2-1-3-5-6;1-7-5-3-2-4-6-7/h4-22H,3,23H2,1-2H3;1-5H,(H3,8,9);2-6H,1H3. The molecule has 9 aromatic rings. The van der Waals surface area contributed by atoms with E-state index in [2.05, 4.69) is 141 Å². The summed E-state index contributed by atoms with van der Waals surface area (Å²) in [4.78, 5) is 13.7. The molecule has 2 aromatic heterocycles. The number of aromatic nitrogens is 2. The van der Waals surface area contributed by atoms with Crippen molar-refractivity contribution in [1.82, 2.24) is 9.97 Å². The fraction of sp³-hybridized carbons (Fsp3) is 0.0943. The van der Waals surface area contributed by atoms with Gasteiger partial charge in [-0.15, -0.1) is 0 Å². The zero-order chi connectivity index (χ0) is 40.2. The number of fused-ring (bicyclic) bond motifs is 8. The third-order valence-corrected chi connectivity index (χ3v) is 11.0. The van der Waals surface area contributed by atoms with Gasteiger partial charge < -0.3 is 5.73 Å². The van der Waals surface area contributed by atoms with Gasteiger partial charge in [0.1, 0.15) is 5.84 Å². The fourth-order valence-corrected chi connectivity index (χ4v) is 8.28. The Morgan fingerprint density at radius 1 is 0.621 bits per heavy atom. The van der Waals surface area contributed by atoms with Gasteiger partial charge in [-0.3, -0.25) is 20.4 Å². The minimum atomic E-state index is -0.113. The van der Waals surface area contributed by atoms with Crippen molar-refractivity contribution in [2.24, 2.45) is 10.7 Å². The number of nitrogens with two attached hydrogens (primary N) is 1. The molecule has 0 atom stereocenters. The first-order valence-corrected chi connectivity index (χ1v) is 19.5. The molecule has 282 valence electrons. The largest absolute Gasteiger partial charge is 0.384 e. The van der Waals surface area contributed by atoms with Crippen LogP contribution in [0.3, 0.4) is 0 Å². The maximum absolute atomic E-state index is 7.01. The lowest BCUT2D eigenvalue weighted by Gasteiger charge is -2.23. The van der Waals surface area contributed by atoms with Crippen molar-refractivity contribution in [3.63, 3.8) is 0 Å². The summed E-state index contributed by atoms with van der Waals surface area (Å²) in [6.07, 6.45) is 3.68. The second kappa shape index (κ2) is 16.1. The summed E-state index contributed by atoms with van der Waals surface area (Å²) in [6, 6.07) is 57.0. The highest BCUT2D eigenvalue weighted by atomic mass is 14.7. The second-order valence-electron chi connectivity index (χ2n) is 15.2. The van der Waals surface area contributed by atoms with E-state index in [-0.39, 0.29) is 11.3 Å². The molecular weight excluding hydrogens is 707 g/mol. The van der Waals surface area contributed by atoms with E-state index in [9.17, 15) is 0 Å². The molecule has 3 N–H and O–H groups in total. The number of amidine groups is 1. The number of aryl methyl sites for hydroxylation is 1. The van der Waals surface area contributed by atoms with E-state index in [0.29, 0.717) is 6.54 Å². The molecule has 7 aromatic carbocycles. The second-order valence-corrected chi connectivity index (χ2v) is 15.2. The number of hydrogen-bond acceptors (Lipinski definition) is 4. The monoisotopic (exact) mass is 751 g/mol. The highest BCUT2D eigenvalue weighted by Gasteiger charge is 2.38. The van der Waals surface area contributed by atoms with Crippen LogP contribution in [-0.4, -0.2) is 22.5 Å². The topological polar surface area (TPSA) is 88.0 Å². The van der Waals surface area contributed by atoms with Crippen molar-refractivity contribution in [3.8, 4) is 33.4 Å². The molecule has 0 saturated heterocycles. The Bertz CT molecular complexity index is 2950. The van der Waals surface area contributed by atoms with E-state index in [1.807, 2.05) is 73.1 Å². The molecule has 1 aliphatic carbocycles. The van der Waals surface area contributed by atoms with E-state index in [1.54, 1.807) is 0 Å². The molecule has 0 unspecified atom stereocenters. The van der Waals surface area contributed by atoms with Crippen molar-refractivity contribution >= 4 is 45.1 Å². The van der Waals surface area contributed by atoms with Crippen molar-refractivity contribution in [2.45, 2.75) is 32.7 Å². The molecule has 0 radical (unpaired) electrons. The van der Waals surface area contributed by atoms with Crippen molar-refractivity contribution < 1.29 is 0 Å². The van der Waals surface area contributed by atoms with Gasteiger partial charge in [0.2, 0.25) is 0 Å². The van der Waals surface area contributed by atoms with E-state index < -0.39 is 0 Å². The third-order valence-electron chi connectivity index (χ3n) is 11.0. The average molecular weight is 752 g/mol. The van der Waals surface area contributed by atoms with E-state index in [4.69, 9.17) is 16.1 Å². The van der Waals surface area contributed by atoms with Crippen LogP contribution in [-0.2, 0) is 12.0 Å². The number of nitrogens with one attached hydrogen (secondary N) is 1. The van der Waals surface area contributed by atoms with Gasteiger partial charge in [0.25, 0.3) is 0 Å². The minimum Gasteiger partial charge on any atom is -0.384 e. The maximum Gasteiger partial charge on any atom is 0.122 e. The Balaban J connectivity index is 0.000000244. The molecule has 5 heteroatoms. The summed E-state index contributed by atoms with van der Waals surface area (Å²) in [5.74, 6) is 0.121. The zero-order valence-electron chi connectivity index (χ0n) is 33.1. The molecule has 0 fully saturated rings. The Morgan fingerprint density at radius 3 is 1.95 bits per heavy atom. The number of aliphatic imine (C=N–C) groups is 1. The summed E-state index contributed by atoms with van der Waals surface area (Å²) < 4.78 is 0. The first-order chi connectivity index (χ1) is 28.2. The van der Waals surface area contributed by atoms with Crippen LogP contribution in [0, 0.1) is 12.3 Å². The van der Waals surface area contributed by atoms with Gasteiger partial charge in [0, 0.05) is 34.1 Å². The van der Waals surface area contributed by atoms with Crippen LogP contribution < -0.4 is 5.73 Å². The number of pyridine rings is 2. The van der Waals surface area contributed by atoms with Gasteiger partial charge in [-0.25, -0.2) is 0 Å². The number of nitrogens with zero attached hydrogens (tertiary/aromatic N) is 3. The zero-order valence-corrected chi connectivity index (χ0v) is 33.1. The molecule has 1 aliphatic rings. The molecule has 2 heterocycles. The van der Waals surface area contributed by atoms with Crippen molar-refractivity contribution in [1.29, 1.82) is 5.41 Å². The first kappa shape index (κ1) is 37.7. The average Bonchev–Trinajstić information content (AvgIpc) is 3.50. The third kappa shape index (κ3) is 7.26. The summed E-state index contributed by atoms with van der Waals surface area (Å²) >= 11 is 0. The Morgan fingerprint density at radius 2 is 1.26 bits per heavy atom. The fourth-order valence-electron chi connectivity index (χ4n) is 8.28. The maximum atomic E-state index is 7.01. The Kier molecular flexibility index (Phi) is 10.4. The SMILES string of the molecule is C=NCc1cc(-c2cccc3c2-c2ccc4ccccc4c2C3(C)C)cc(-c2cc3cccnc3c3ncccc23)c1.Cc1ccccc1.N=C(N)c1ccccc1. The Labute approximate surface area is 340 Å². The lowest BCUT2D eigenvalue weighted by Crippen LogP contribution is -2.15. The van der Waals surface area contributed by atoms with Crippen LogP contribution in [0.5, 0.6) is 0 Å². The highest BCUT2D eigenvalue weighted by Crippen LogP contribution is 2.54. The van der Waals surface area contributed by atoms with Gasteiger partial charge >= 0.3 is 0 Å². The molecule has 0 spiro atoms. The molecule has 0 aliphatic heterocycles. The lowest BCUT2D eigenvalue weighted by atomic mass is 9.80. The van der Waals surface area contributed by atoms with Crippen LogP contribution in [0.2, 0.25) is 0 Å². The normalized spacial score (nSPS) is 12.1. The Hall–Kier alpha value is -7.24. The summed E-state index contributed by atoms with van der Waals surface area (Å²) in [7, 11) is 0. The first-order valence-electron chi connectivity index (χ1n) is 19.5. The number of benzene rings is 7. The van der Waals surface area contributed by atoms with Crippen LogP contribution >= 0.6 is 0 Å². The van der Waals surface area contributed by atoms with Crippen LogP contribution in [0.4, 0.5) is 0 Å². The predicted octanol–water partition coefficient (Wildman–Crippen LogP) is 12.7. The molecule has 0 amide bonds. The molecule has 0 saturated carbocycles. The summed E-state index contributed by atoms with van der Waals surface area (Å²) in [5.41, 5.74) is 20.3. The van der Waals surface area contributed by atoms with Gasteiger partial charge in [-0.1, -0.05) is 147 Å². The molecule has 10 rings (SSSR count). The molecule has 58 heavy (non-hydrogen) atoms. The highest BCUT2D eigenvalue weighted by molar-refractivity contribution is 6.10. The van der Waals surface area contributed by atoms with Crippen molar-refractivity contribution in [2.75, 3.05) is 0 Å². The lowest BCUT2D eigenvalue weighted by molar-refractivity contribution is 0.666. The van der Waals surface area contributed by atoms with Gasteiger partial charge in [0.05, 0.1) is 17.6 Å². The molecular formula is C53H45N5. The van der Waals surface area contributed by atoms with E-state index in [0.717, 1.165) is 44.1 Å². The smallest absolute Gasteiger partial charge is 0.122 e. The summed E-state index contributed by atoms with van der Waals surface area (Å²) in [6.45, 7) is 11.2. The minimum absolute atomic E-state index is 0.113. The quantitative estimate of drug-likeness (QED) is 0.104. The number of nitrogen functional groups attached to an aromatic ring is 1. The van der Waals surface area contributed by atoms with Crippen molar-refractivity contribution in [3.05, 3.63) is 204 Å². The summed E-state index contributed by atoms with van der Waals surface area (Å²) in [5, 5.41) is 11.8. The number of hydrogen-bond donors (Lipinski definition) is 2. The van der Waals surface area contributed by atoms with E-state index >= 15 is 0 Å².